The van der Waals surface area contributed by atoms with Gasteiger partial charge < -0.3 is 10.6 Å². The first-order valence-electron chi connectivity index (χ1n) is 7.81. The molecule has 0 spiro atoms. The molecule has 1 saturated heterocycles. The van der Waals surface area contributed by atoms with E-state index in [4.69, 9.17) is 5.73 Å². The summed E-state index contributed by atoms with van der Waals surface area (Å²) in [6, 6.07) is 0.0603. The van der Waals surface area contributed by atoms with Crippen LogP contribution in [-0.4, -0.2) is 56.1 Å². The molecule has 1 unspecified atom stereocenters. The van der Waals surface area contributed by atoms with Gasteiger partial charge in [-0.25, -0.2) is 18.1 Å². The zero-order valence-corrected chi connectivity index (χ0v) is 16.2. The molecule has 1 atom stereocenters. The van der Waals surface area contributed by atoms with Gasteiger partial charge in [-0.05, 0) is 32.2 Å². The SMILES string of the molecule is CS(=O)(=O)NCCC1CCCCN1C(=O)c1csc(CCN)n1.Cl. The van der Waals surface area contributed by atoms with E-state index in [1.54, 1.807) is 5.38 Å². The van der Waals surface area contributed by atoms with Crippen LogP contribution in [-0.2, 0) is 16.4 Å². The predicted octanol–water partition coefficient (Wildman–Crippen LogP) is 1.00. The number of nitrogens with two attached hydrogens (primary N) is 1. The lowest BCUT2D eigenvalue weighted by Crippen LogP contribution is -2.45. The lowest BCUT2D eigenvalue weighted by molar-refractivity contribution is 0.0598. The van der Waals surface area contributed by atoms with E-state index in [-0.39, 0.29) is 24.4 Å². The van der Waals surface area contributed by atoms with Crippen LogP contribution in [0.4, 0.5) is 0 Å². The van der Waals surface area contributed by atoms with Crippen molar-refractivity contribution in [2.75, 3.05) is 25.9 Å². The standard InChI is InChI=1S/C14H24N4O3S2.ClH/c1-23(20,21)16-8-6-11-4-2-3-9-18(11)14(19)12-10-22-13(17-12)5-7-15;/h10-11,16H,2-9,15H2,1H3;1H. The first-order chi connectivity index (χ1) is 10.9. The summed E-state index contributed by atoms with van der Waals surface area (Å²) in [6.45, 7) is 1.57. The lowest BCUT2D eigenvalue weighted by atomic mass is 9.99. The highest BCUT2D eigenvalue weighted by atomic mass is 35.5. The number of aromatic nitrogens is 1. The third-order valence-corrected chi connectivity index (χ3v) is 5.50. The Bertz CT molecular complexity index is 636. The van der Waals surface area contributed by atoms with Gasteiger partial charge in [0.2, 0.25) is 10.0 Å². The van der Waals surface area contributed by atoms with Crippen molar-refractivity contribution in [1.82, 2.24) is 14.6 Å². The summed E-state index contributed by atoms with van der Waals surface area (Å²) in [6.07, 6.45) is 5.38. The van der Waals surface area contributed by atoms with Gasteiger partial charge in [0.15, 0.2) is 0 Å². The molecule has 0 radical (unpaired) electrons. The normalized spacial score (nSPS) is 18.2. The molecule has 0 aliphatic carbocycles. The highest BCUT2D eigenvalue weighted by molar-refractivity contribution is 7.88. The smallest absolute Gasteiger partial charge is 0.273 e. The summed E-state index contributed by atoms with van der Waals surface area (Å²) in [5, 5.41) is 2.66. The zero-order chi connectivity index (χ0) is 16.9. The predicted molar refractivity (Wildman–Crippen MR) is 98.3 cm³/mol. The van der Waals surface area contributed by atoms with Gasteiger partial charge in [-0.1, -0.05) is 0 Å². The Morgan fingerprint density at radius 1 is 1.50 bits per heavy atom. The van der Waals surface area contributed by atoms with Gasteiger partial charge in [0.25, 0.3) is 5.91 Å². The summed E-state index contributed by atoms with van der Waals surface area (Å²) in [7, 11) is -3.19. The third kappa shape index (κ3) is 6.29. The minimum absolute atomic E-state index is 0. The van der Waals surface area contributed by atoms with E-state index in [9.17, 15) is 13.2 Å². The van der Waals surface area contributed by atoms with Crippen molar-refractivity contribution in [2.24, 2.45) is 5.73 Å². The van der Waals surface area contributed by atoms with Crippen molar-refractivity contribution in [3.63, 3.8) is 0 Å². The number of rotatable bonds is 7. The molecule has 1 aliphatic rings. The maximum Gasteiger partial charge on any atom is 0.273 e. The average Bonchev–Trinajstić information content (AvgIpc) is 2.95. The van der Waals surface area contributed by atoms with Gasteiger partial charge in [0.1, 0.15) is 5.69 Å². The fourth-order valence-electron chi connectivity index (χ4n) is 2.77. The Morgan fingerprint density at radius 2 is 2.25 bits per heavy atom. The van der Waals surface area contributed by atoms with Crippen LogP contribution < -0.4 is 10.5 Å². The van der Waals surface area contributed by atoms with E-state index in [1.165, 1.54) is 11.3 Å². The fraction of sp³-hybridized carbons (Fsp3) is 0.714. The Labute approximate surface area is 153 Å². The summed E-state index contributed by atoms with van der Waals surface area (Å²) in [5.41, 5.74) is 5.99. The minimum Gasteiger partial charge on any atom is -0.334 e. The molecule has 10 heteroatoms. The maximum atomic E-state index is 12.7. The number of thiazole rings is 1. The van der Waals surface area contributed by atoms with Gasteiger partial charge in [0, 0.05) is 30.9 Å². The number of nitrogens with zero attached hydrogens (tertiary/aromatic N) is 2. The van der Waals surface area contributed by atoms with E-state index >= 15 is 0 Å². The van der Waals surface area contributed by atoms with Gasteiger partial charge in [0.05, 0.1) is 11.3 Å². The molecule has 1 aliphatic heterocycles. The molecule has 0 aromatic carbocycles. The van der Waals surface area contributed by atoms with Gasteiger partial charge in [-0.3, -0.25) is 4.79 Å². The van der Waals surface area contributed by atoms with Crippen molar-refractivity contribution < 1.29 is 13.2 Å². The van der Waals surface area contributed by atoms with Crippen molar-refractivity contribution in [3.8, 4) is 0 Å². The molecular weight excluding hydrogens is 372 g/mol. The Balaban J connectivity index is 0.00000288. The van der Waals surface area contributed by atoms with Gasteiger partial charge in [-0.15, -0.1) is 23.7 Å². The molecule has 2 heterocycles. The molecule has 138 valence electrons. The monoisotopic (exact) mass is 396 g/mol. The van der Waals surface area contributed by atoms with Crippen LogP contribution in [0.5, 0.6) is 0 Å². The van der Waals surface area contributed by atoms with Crippen LogP contribution >= 0.6 is 23.7 Å². The third-order valence-electron chi connectivity index (χ3n) is 3.86. The van der Waals surface area contributed by atoms with Crippen LogP contribution in [0.2, 0.25) is 0 Å². The molecule has 1 fully saturated rings. The summed E-state index contributed by atoms with van der Waals surface area (Å²) in [5.74, 6) is -0.0615. The van der Waals surface area contributed by atoms with Crippen LogP contribution in [0.1, 0.15) is 41.2 Å². The number of carbonyl (C=O) groups is 1. The van der Waals surface area contributed by atoms with E-state index < -0.39 is 10.0 Å². The number of likely N-dealkylation sites (tertiary alicyclic amines) is 1. The summed E-state index contributed by atoms with van der Waals surface area (Å²) in [4.78, 5) is 18.9. The molecule has 0 saturated carbocycles. The lowest BCUT2D eigenvalue weighted by Gasteiger charge is -2.35. The minimum atomic E-state index is -3.19. The Kier molecular flexibility index (Phi) is 8.58. The topological polar surface area (TPSA) is 105 Å². The van der Waals surface area contributed by atoms with Gasteiger partial charge in [-0.2, -0.15) is 0 Å². The van der Waals surface area contributed by atoms with Crippen molar-refractivity contribution >= 4 is 39.7 Å². The molecule has 1 amide bonds. The van der Waals surface area contributed by atoms with Crippen molar-refractivity contribution in [1.29, 1.82) is 0 Å². The van der Waals surface area contributed by atoms with Crippen molar-refractivity contribution in [3.05, 3.63) is 16.1 Å². The van der Waals surface area contributed by atoms with Crippen LogP contribution in [0.15, 0.2) is 5.38 Å². The highest BCUT2D eigenvalue weighted by Gasteiger charge is 2.28. The Morgan fingerprint density at radius 3 is 2.92 bits per heavy atom. The quantitative estimate of drug-likeness (QED) is 0.715. The van der Waals surface area contributed by atoms with E-state index in [0.29, 0.717) is 38.2 Å². The number of carbonyl (C=O) groups excluding carboxylic acids is 1. The number of hydrogen-bond acceptors (Lipinski definition) is 6. The van der Waals surface area contributed by atoms with E-state index in [2.05, 4.69) is 9.71 Å². The van der Waals surface area contributed by atoms with Gasteiger partial charge >= 0.3 is 0 Å². The largest absolute Gasteiger partial charge is 0.334 e. The molecule has 0 bridgehead atoms. The number of hydrogen-bond donors (Lipinski definition) is 2. The molecular formula is C14H25ClN4O3S2. The maximum absolute atomic E-state index is 12.7. The van der Waals surface area contributed by atoms with Crippen molar-refractivity contribution in [2.45, 2.75) is 38.1 Å². The van der Waals surface area contributed by atoms with E-state index in [0.717, 1.165) is 30.5 Å². The first-order valence-corrected chi connectivity index (χ1v) is 10.6. The first kappa shape index (κ1) is 21.3. The van der Waals surface area contributed by atoms with E-state index in [1.807, 2.05) is 4.90 Å². The number of amides is 1. The number of sulfonamides is 1. The Hall–Kier alpha value is -0.740. The second kappa shape index (κ2) is 9.67. The molecule has 7 nitrogen and oxygen atoms in total. The summed E-state index contributed by atoms with van der Waals surface area (Å²) >= 11 is 1.46. The van der Waals surface area contributed by atoms with Crippen LogP contribution in [0.3, 0.4) is 0 Å². The average molecular weight is 397 g/mol. The molecule has 1 aromatic rings. The number of halogens is 1. The van der Waals surface area contributed by atoms with Crippen LogP contribution in [0.25, 0.3) is 0 Å². The second-order valence-electron chi connectivity index (χ2n) is 5.77. The summed E-state index contributed by atoms with van der Waals surface area (Å²) < 4.78 is 24.8. The zero-order valence-electron chi connectivity index (χ0n) is 13.7. The number of nitrogens with one attached hydrogen (secondary N) is 1. The second-order valence-corrected chi connectivity index (χ2v) is 8.54. The van der Waals surface area contributed by atoms with Crippen LogP contribution in [0, 0.1) is 0 Å². The molecule has 2 rings (SSSR count). The number of piperidine rings is 1. The fourth-order valence-corrected chi connectivity index (χ4v) is 4.05. The molecule has 1 aromatic heterocycles. The molecule has 24 heavy (non-hydrogen) atoms. The molecule has 3 N–H and O–H groups in total. The highest BCUT2D eigenvalue weighted by Crippen LogP contribution is 2.22.